The standard InChI is InChI=1S/C22H26N4O2S/c1-17-13-25(14-19-9-5-4-6-10-19)21-12-8-7-11-20(21)18(2)26(17)29(27,28)22-15-24(3)16-23-22/h4-12,15-18H,13-14H2,1-3H3/t17-,18+/m1/s1. The molecule has 0 bridgehead atoms. The van der Waals surface area contributed by atoms with E-state index in [1.54, 1.807) is 22.1 Å². The molecule has 1 aromatic heterocycles. The summed E-state index contributed by atoms with van der Waals surface area (Å²) in [6.45, 7) is 5.26. The molecule has 0 N–H and O–H groups in total. The summed E-state index contributed by atoms with van der Waals surface area (Å²) in [5.74, 6) is 0. The van der Waals surface area contributed by atoms with Gasteiger partial charge in [-0.1, -0.05) is 48.5 Å². The van der Waals surface area contributed by atoms with E-state index in [2.05, 4.69) is 28.1 Å². The van der Waals surface area contributed by atoms with E-state index in [9.17, 15) is 8.42 Å². The second-order valence-electron chi connectivity index (χ2n) is 7.66. The minimum atomic E-state index is -3.73. The summed E-state index contributed by atoms with van der Waals surface area (Å²) in [6, 6.07) is 17.8. The molecule has 2 atom stereocenters. The van der Waals surface area contributed by atoms with Gasteiger partial charge in [0, 0.05) is 44.1 Å². The van der Waals surface area contributed by atoms with Crippen molar-refractivity contribution in [1.82, 2.24) is 13.9 Å². The molecule has 0 radical (unpaired) electrons. The van der Waals surface area contributed by atoms with Gasteiger partial charge in [0.1, 0.15) is 0 Å². The first-order valence-corrected chi connectivity index (χ1v) is 11.2. The van der Waals surface area contributed by atoms with E-state index in [0.29, 0.717) is 6.54 Å². The van der Waals surface area contributed by atoms with Crippen LogP contribution in [-0.2, 0) is 23.6 Å². The van der Waals surface area contributed by atoms with Gasteiger partial charge in [-0.3, -0.25) is 0 Å². The predicted octanol–water partition coefficient (Wildman–Crippen LogP) is 3.58. The van der Waals surface area contributed by atoms with E-state index in [1.807, 2.05) is 50.2 Å². The maximum absolute atomic E-state index is 13.5. The molecule has 0 saturated carbocycles. The molecule has 0 fully saturated rings. The Labute approximate surface area is 172 Å². The van der Waals surface area contributed by atoms with Gasteiger partial charge in [-0.2, -0.15) is 4.31 Å². The first-order chi connectivity index (χ1) is 13.9. The first kappa shape index (κ1) is 19.7. The van der Waals surface area contributed by atoms with Crippen LogP contribution >= 0.6 is 0 Å². The molecule has 0 saturated heterocycles. The Balaban J connectivity index is 1.77. The van der Waals surface area contributed by atoms with Crippen molar-refractivity contribution in [3.63, 3.8) is 0 Å². The van der Waals surface area contributed by atoms with Gasteiger partial charge < -0.3 is 9.47 Å². The van der Waals surface area contributed by atoms with E-state index in [-0.39, 0.29) is 17.1 Å². The number of aromatic nitrogens is 2. The van der Waals surface area contributed by atoms with Crippen LogP contribution in [0.5, 0.6) is 0 Å². The van der Waals surface area contributed by atoms with E-state index < -0.39 is 10.0 Å². The number of fused-ring (bicyclic) bond motifs is 1. The fourth-order valence-electron chi connectivity index (χ4n) is 4.17. The Bertz CT molecular complexity index is 1090. The SMILES string of the molecule is C[C@@H]1CN(Cc2ccccc2)c2ccccc2[C@H](C)N1S(=O)(=O)c1cn(C)cn1. The Morgan fingerprint density at radius 3 is 2.41 bits per heavy atom. The molecule has 152 valence electrons. The molecule has 1 aliphatic heterocycles. The lowest BCUT2D eigenvalue weighted by Crippen LogP contribution is -2.44. The fourth-order valence-corrected chi connectivity index (χ4v) is 5.94. The maximum Gasteiger partial charge on any atom is 0.262 e. The monoisotopic (exact) mass is 410 g/mol. The van der Waals surface area contributed by atoms with Crippen molar-refractivity contribution < 1.29 is 8.42 Å². The van der Waals surface area contributed by atoms with Gasteiger partial charge in [0.25, 0.3) is 10.0 Å². The van der Waals surface area contributed by atoms with Crippen molar-refractivity contribution in [2.45, 2.75) is 37.5 Å². The van der Waals surface area contributed by atoms with Crippen molar-refractivity contribution in [1.29, 1.82) is 0 Å². The molecule has 7 heteroatoms. The molecule has 4 rings (SSSR count). The second kappa shape index (κ2) is 7.65. The number of anilines is 1. The van der Waals surface area contributed by atoms with E-state index in [4.69, 9.17) is 0 Å². The smallest absolute Gasteiger partial charge is 0.262 e. The molecule has 3 aromatic rings. The highest BCUT2D eigenvalue weighted by Crippen LogP contribution is 2.38. The van der Waals surface area contributed by atoms with Crippen LogP contribution in [0.1, 0.15) is 31.0 Å². The molecule has 1 aliphatic rings. The number of imidazole rings is 1. The minimum absolute atomic E-state index is 0.0905. The number of para-hydroxylation sites is 1. The quantitative estimate of drug-likeness (QED) is 0.660. The van der Waals surface area contributed by atoms with Crippen LogP contribution in [0.2, 0.25) is 0 Å². The van der Waals surface area contributed by atoms with Crippen molar-refractivity contribution in [2.75, 3.05) is 11.4 Å². The lowest BCUT2D eigenvalue weighted by Gasteiger charge is -2.31. The highest BCUT2D eigenvalue weighted by atomic mass is 32.2. The van der Waals surface area contributed by atoms with Crippen LogP contribution in [0.3, 0.4) is 0 Å². The Hall–Kier alpha value is -2.64. The Kier molecular flexibility index (Phi) is 5.19. The fraction of sp³-hybridized carbons (Fsp3) is 0.318. The third-order valence-corrected chi connectivity index (χ3v) is 7.44. The number of nitrogens with zero attached hydrogens (tertiary/aromatic N) is 4. The lowest BCUT2D eigenvalue weighted by atomic mass is 10.1. The Morgan fingerprint density at radius 2 is 1.72 bits per heavy atom. The van der Waals surface area contributed by atoms with Crippen LogP contribution < -0.4 is 4.90 Å². The van der Waals surface area contributed by atoms with Crippen LogP contribution in [0.25, 0.3) is 0 Å². The minimum Gasteiger partial charge on any atom is -0.365 e. The largest absolute Gasteiger partial charge is 0.365 e. The number of hydrogen-bond acceptors (Lipinski definition) is 4. The molecule has 0 amide bonds. The summed E-state index contributed by atoms with van der Waals surface area (Å²) >= 11 is 0. The van der Waals surface area contributed by atoms with Gasteiger partial charge in [-0.25, -0.2) is 13.4 Å². The lowest BCUT2D eigenvalue weighted by molar-refractivity contribution is 0.285. The van der Waals surface area contributed by atoms with Gasteiger partial charge in [-0.15, -0.1) is 0 Å². The second-order valence-corrected chi connectivity index (χ2v) is 9.45. The number of benzene rings is 2. The van der Waals surface area contributed by atoms with E-state index in [0.717, 1.165) is 17.8 Å². The number of aryl methyl sites for hydroxylation is 1. The van der Waals surface area contributed by atoms with Gasteiger partial charge in [0.15, 0.2) is 5.03 Å². The Morgan fingerprint density at radius 1 is 1.03 bits per heavy atom. The van der Waals surface area contributed by atoms with E-state index in [1.165, 1.54) is 11.9 Å². The van der Waals surface area contributed by atoms with Crippen molar-refractivity contribution in [3.05, 3.63) is 78.2 Å². The van der Waals surface area contributed by atoms with Gasteiger partial charge in [0.05, 0.1) is 6.33 Å². The zero-order chi connectivity index (χ0) is 20.6. The van der Waals surface area contributed by atoms with Crippen molar-refractivity contribution in [2.24, 2.45) is 7.05 Å². The summed E-state index contributed by atoms with van der Waals surface area (Å²) in [5.41, 5.74) is 3.28. The number of rotatable bonds is 4. The van der Waals surface area contributed by atoms with Gasteiger partial charge in [-0.05, 0) is 31.0 Å². The number of sulfonamides is 1. The molecule has 2 heterocycles. The molecule has 29 heavy (non-hydrogen) atoms. The third kappa shape index (κ3) is 3.68. The van der Waals surface area contributed by atoms with Gasteiger partial charge >= 0.3 is 0 Å². The van der Waals surface area contributed by atoms with Crippen LogP contribution in [0.15, 0.2) is 72.1 Å². The summed E-state index contributed by atoms with van der Waals surface area (Å²) in [5, 5.41) is 0.0905. The summed E-state index contributed by atoms with van der Waals surface area (Å²) < 4.78 is 30.2. The van der Waals surface area contributed by atoms with Crippen molar-refractivity contribution in [3.8, 4) is 0 Å². The van der Waals surface area contributed by atoms with Crippen LogP contribution in [-0.4, -0.2) is 34.9 Å². The van der Waals surface area contributed by atoms with E-state index >= 15 is 0 Å². The molecule has 0 aliphatic carbocycles. The first-order valence-electron chi connectivity index (χ1n) is 9.77. The average Bonchev–Trinajstić information content (AvgIpc) is 3.11. The maximum atomic E-state index is 13.5. The van der Waals surface area contributed by atoms with Crippen molar-refractivity contribution >= 4 is 15.7 Å². The van der Waals surface area contributed by atoms with Gasteiger partial charge in [0.2, 0.25) is 0 Å². The highest BCUT2D eigenvalue weighted by Gasteiger charge is 2.39. The summed E-state index contributed by atoms with van der Waals surface area (Å²) in [4.78, 5) is 6.40. The van der Waals surface area contributed by atoms with Crippen LogP contribution in [0, 0.1) is 0 Å². The zero-order valence-electron chi connectivity index (χ0n) is 16.9. The molecule has 0 unspecified atom stereocenters. The summed E-state index contributed by atoms with van der Waals surface area (Å²) in [6.07, 6.45) is 3.09. The third-order valence-electron chi connectivity index (χ3n) is 5.47. The normalized spacial score (nSPS) is 20.3. The zero-order valence-corrected chi connectivity index (χ0v) is 17.7. The predicted molar refractivity (Wildman–Crippen MR) is 114 cm³/mol. The topological polar surface area (TPSA) is 58.4 Å². The highest BCUT2D eigenvalue weighted by molar-refractivity contribution is 7.89. The molecule has 6 nitrogen and oxygen atoms in total. The molecular weight excluding hydrogens is 384 g/mol. The van der Waals surface area contributed by atoms with Crippen LogP contribution in [0.4, 0.5) is 5.69 Å². The average molecular weight is 411 g/mol. The number of hydrogen-bond donors (Lipinski definition) is 0. The molecule has 0 spiro atoms. The summed E-state index contributed by atoms with van der Waals surface area (Å²) in [7, 11) is -1.95. The molecular formula is C22H26N4O2S. The molecule has 2 aromatic carbocycles.